The molecule has 0 saturated carbocycles. The van der Waals surface area contributed by atoms with Crippen LogP contribution in [0.25, 0.3) is 0 Å². The number of aromatic hydroxyl groups is 1. The fourth-order valence-corrected chi connectivity index (χ4v) is 0.902. The first-order chi connectivity index (χ1) is 5.11. The molecule has 0 amide bonds. The Morgan fingerprint density at radius 2 is 2.18 bits per heavy atom. The van der Waals surface area contributed by atoms with E-state index >= 15 is 0 Å². The predicted molar refractivity (Wildman–Crippen MR) is 45.5 cm³/mol. The molecule has 1 N–H and O–H groups in total. The molecule has 0 aliphatic carbocycles. The molecule has 4 heteroatoms. The van der Waals surface area contributed by atoms with Crippen molar-refractivity contribution in [3.63, 3.8) is 0 Å². The molecule has 0 saturated heterocycles. The Hall–Kier alpha value is -0.670. The molecular weight excluding hydrogens is 184 g/mol. The molecule has 0 aromatic heterocycles. The lowest BCUT2D eigenvalue weighted by Gasteiger charge is -1.97. The van der Waals surface area contributed by atoms with Gasteiger partial charge in [0.25, 0.3) is 5.24 Å². The van der Waals surface area contributed by atoms with Gasteiger partial charge in [-0.2, -0.15) is 0 Å². The Bertz CT molecular complexity index is 298. The third-order valence-corrected chi connectivity index (χ3v) is 1.80. The Labute approximate surface area is 74.2 Å². The molecular formula is C7H5ClO2S. The van der Waals surface area contributed by atoms with Gasteiger partial charge in [-0.05, 0) is 29.8 Å². The molecule has 1 rings (SSSR count). The van der Waals surface area contributed by atoms with Crippen LogP contribution in [0.2, 0.25) is 0 Å². The number of phenols is 1. The second-order valence-corrected chi connectivity index (χ2v) is 2.80. The second kappa shape index (κ2) is 3.15. The molecule has 0 unspecified atom stereocenters. The van der Waals surface area contributed by atoms with Gasteiger partial charge in [0, 0.05) is 10.5 Å². The number of hydrogen-bond acceptors (Lipinski definition) is 3. The molecule has 0 aliphatic rings. The van der Waals surface area contributed by atoms with Gasteiger partial charge in [-0.15, -0.1) is 12.6 Å². The number of benzene rings is 1. The van der Waals surface area contributed by atoms with Crippen LogP contribution in [0.15, 0.2) is 23.1 Å². The van der Waals surface area contributed by atoms with Gasteiger partial charge in [0.15, 0.2) is 0 Å². The van der Waals surface area contributed by atoms with Gasteiger partial charge >= 0.3 is 0 Å². The van der Waals surface area contributed by atoms with Crippen molar-refractivity contribution in [3.05, 3.63) is 23.8 Å². The van der Waals surface area contributed by atoms with Gasteiger partial charge in [-0.3, -0.25) is 4.79 Å². The summed E-state index contributed by atoms with van der Waals surface area (Å²) in [5, 5.41) is 8.47. The molecule has 2 nitrogen and oxygen atoms in total. The van der Waals surface area contributed by atoms with E-state index in [1.165, 1.54) is 18.2 Å². The summed E-state index contributed by atoms with van der Waals surface area (Å²) in [6.07, 6.45) is 0. The maximum absolute atomic E-state index is 10.5. The van der Waals surface area contributed by atoms with Crippen LogP contribution >= 0.6 is 24.2 Å². The zero-order valence-electron chi connectivity index (χ0n) is 5.41. The van der Waals surface area contributed by atoms with E-state index < -0.39 is 5.24 Å². The van der Waals surface area contributed by atoms with Crippen LogP contribution in [0, 0.1) is 0 Å². The summed E-state index contributed by atoms with van der Waals surface area (Å²) in [6, 6.07) is 4.28. The lowest BCUT2D eigenvalue weighted by Crippen LogP contribution is -1.87. The molecule has 0 fully saturated rings. The quantitative estimate of drug-likeness (QED) is 0.523. The van der Waals surface area contributed by atoms with E-state index in [1.807, 2.05) is 0 Å². The van der Waals surface area contributed by atoms with Gasteiger partial charge in [-0.1, -0.05) is 0 Å². The van der Waals surface area contributed by atoms with Crippen LogP contribution in [0.3, 0.4) is 0 Å². The Balaban J connectivity index is 3.15. The molecule has 0 bridgehead atoms. The second-order valence-electron chi connectivity index (χ2n) is 1.98. The minimum atomic E-state index is -0.589. The van der Waals surface area contributed by atoms with E-state index in [4.69, 9.17) is 16.7 Å². The first-order valence-electron chi connectivity index (χ1n) is 2.83. The van der Waals surface area contributed by atoms with Crippen molar-refractivity contribution >= 4 is 29.5 Å². The highest BCUT2D eigenvalue weighted by atomic mass is 35.5. The summed E-state index contributed by atoms with van der Waals surface area (Å²) in [7, 11) is 0. The molecule has 0 atom stereocenters. The summed E-state index contributed by atoms with van der Waals surface area (Å²) in [6.45, 7) is 0. The highest BCUT2D eigenvalue weighted by Crippen LogP contribution is 2.22. The lowest BCUT2D eigenvalue weighted by atomic mass is 10.2. The maximum Gasteiger partial charge on any atom is 0.252 e. The number of carbonyl (C=O) groups excluding carboxylic acids is 1. The fraction of sp³-hybridized carbons (Fsp3) is 0. The molecule has 0 radical (unpaired) electrons. The number of carbonyl (C=O) groups is 1. The molecule has 0 aliphatic heterocycles. The third-order valence-electron chi connectivity index (χ3n) is 1.20. The Morgan fingerprint density at radius 3 is 2.64 bits per heavy atom. The molecule has 1 aromatic rings. The topological polar surface area (TPSA) is 37.3 Å². The minimum Gasteiger partial charge on any atom is -0.507 e. The van der Waals surface area contributed by atoms with Crippen molar-refractivity contribution in [2.45, 2.75) is 4.90 Å². The Kier molecular flexibility index (Phi) is 2.42. The van der Waals surface area contributed by atoms with E-state index in [0.29, 0.717) is 4.90 Å². The molecule has 58 valence electrons. The van der Waals surface area contributed by atoms with E-state index in [9.17, 15) is 4.79 Å². The summed E-state index contributed by atoms with van der Waals surface area (Å²) >= 11 is 9.06. The summed E-state index contributed by atoms with van der Waals surface area (Å²) in [5.74, 6) is -0.0418. The normalized spacial score (nSPS) is 9.64. The number of thiol groups is 1. The number of halogens is 1. The van der Waals surface area contributed by atoms with E-state index in [-0.39, 0.29) is 11.3 Å². The van der Waals surface area contributed by atoms with Gasteiger partial charge in [0.1, 0.15) is 5.75 Å². The zero-order valence-corrected chi connectivity index (χ0v) is 7.06. The van der Waals surface area contributed by atoms with E-state index in [2.05, 4.69) is 12.6 Å². The minimum absolute atomic E-state index is 0.0418. The van der Waals surface area contributed by atoms with Gasteiger partial charge in [0.2, 0.25) is 0 Å². The van der Waals surface area contributed by atoms with Crippen molar-refractivity contribution in [2.75, 3.05) is 0 Å². The molecule has 1 aromatic carbocycles. The fourth-order valence-electron chi connectivity index (χ4n) is 0.646. The monoisotopic (exact) mass is 188 g/mol. The van der Waals surface area contributed by atoms with Crippen LogP contribution in [0.4, 0.5) is 0 Å². The van der Waals surface area contributed by atoms with Crippen LogP contribution in [0.5, 0.6) is 5.75 Å². The van der Waals surface area contributed by atoms with Crippen molar-refractivity contribution in [1.29, 1.82) is 0 Å². The van der Waals surface area contributed by atoms with Crippen molar-refractivity contribution in [2.24, 2.45) is 0 Å². The van der Waals surface area contributed by atoms with Crippen LogP contribution in [-0.4, -0.2) is 10.3 Å². The average Bonchev–Trinajstić information content (AvgIpc) is 1.94. The molecule has 0 heterocycles. The summed E-state index contributed by atoms with van der Waals surface area (Å²) in [5.41, 5.74) is 0.266. The first-order valence-corrected chi connectivity index (χ1v) is 3.65. The van der Waals surface area contributed by atoms with Crippen LogP contribution in [0.1, 0.15) is 10.4 Å². The highest BCUT2D eigenvalue weighted by molar-refractivity contribution is 7.80. The zero-order chi connectivity index (χ0) is 8.43. The maximum atomic E-state index is 10.5. The third kappa shape index (κ3) is 1.88. The van der Waals surface area contributed by atoms with Crippen LogP contribution in [-0.2, 0) is 0 Å². The lowest BCUT2D eigenvalue weighted by molar-refractivity contribution is 0.108. The van der Waals surface area contributed by atoms with E-state index in [0.717, 1.165) is 0 Å². The average molecular weight is 189 g/mol. The summed E-state index contributed by atoms with van der Waals surface area (Å²) in [4.78, 5) is 11.0. The van der Waals surface area contributed by atoms with E-state index in [1.54, 1.807) is 0 Å². The largest absolute Gasteiger partial charge is 0.507 e. The van der Waals surface area contributed by atoms with Gasteiger partial charge in [-0.25, -0.2) is 0 Å². The smallest absolute Gasteiger partial charge is 0.252 e. The highest BCUT2D eigenvalue weighted by Gasteiger charge is 2.03. The summed E-state index contributed by atoms with van der Waals surface area (Å²) < 4.78 is 0. The van der Waals surface area contributed by atoms with Gasteiger partial charge < -0.3 is 5.11 Å². The molecule has 11 heavy (non-hydrogen) atoms. The number of phenolic OH excluding ortho intramolecular Hbond substituents is 1. The van der Waals surface area contributed by atoms with Gasteiger partial charge in [0.05, 0.1) is 0 Å². The molecule has 0 spiro atoms. The standard InChI is InChI=1S/C7H5ClO2S/c8-7(10)4-1-2-6(11)5(9)3-4/h1-3,9,11H. The number of hydrogen-bond donors (Lipinski definition) is 2. The first kappa shape index (κ1) is 8.43. The van der Waals surface area contributed by atoms with Crippen molar-refractivity contribution in [1.82, 2.24) is 0 Å². The Morgan fingerprint density at radius 1 is 1.55 bits per heavy atom. The number of rotatable bonds is 1. The van der Waals surface area contributed by atoms with Crippen LogP contribution < -0.4 is 0 Å². The van der Waals surface area contributed by atoms with Crippen molar-refractivity contribution < 1.29 is 9.90 Å². The predicted octanol–water partition coefficient (Wildman–Crippen LogP) is 2.06. The SMILES string of the molecule is O=C(Cl)c1ccc(S)c(O)c1. The van der Waals surface area contributed by atoms with Crippen molar-refractivity contribution in [3.8, 4) is 5.75 Å².